The molecule has 6 heteroatoms. The van der Waals surface area contributed by atoms with E-state index in [-0.39, 0.29) is 4.90 Å². The maximum atomic E-state index is 12.7. The highest BCUT2D eigenvalue weighted by atomic mass is 35.5. The van der Waals surface area contributed by atoms with E-state index in [0.29, 0.717) is 22.6 Å². The van der Waals surface area contributed by atoms with Crippen LogP contribution in [0, 0.1) is 6.92 Å². The second kappa shape index (κ2) is 6.07. The van der Waals surface area contributed by atoms with Crippen molar-refractivity contribution >= 4 is 33.1 Å². The molecule has 0 saturated heterocycles. The Morgan fingerprint density at radius 1 is 1.12 bits per heavy atom. The molecule has 0 aromatic heterocycles. The van der Waals surface area contributed by atoms with E-state index in [9.17, 15) is 13.2 Å². The Kier molecular flexibility index (Phi) is 4.24. The van der Waals surface area contributed by atoms with Gasteiger partial charge in [0.25, 0.3) is 15.9 Å². The number of rotatable bonds is 3. The van der Waals surface area contributed by atoms with Crippen LogP contribution in [0.15, 0.2) is 53.4 Å². The van der Waals surface area contributed by atoms with E-state index in [1.165, 1.54) is 19.2 Å². The third kappa shape index (κ3) is 2.85. The van der Waals surface area contributed by atoms with Crippen molar-refractivity contribution < 1.29 is 13.2 Å². The second-order valence-corrected chi connectivity index (χ2v) is 8.12. The molecule has 1 aliphatic carbocycles. The standard InChI is InChI=1S/C18H16ClNO3S/c1-12-3-8-15(9-4-12)24(22,23)20(2)18(21)16-10-6-13-5-7-14(19)11-17(13)16/h3-5,7-11H,6H2,1-2H3. The Hall–Kier alpha value is -2.11. The molecule has 1 aliphatic rings. The first-order chi connectivity index (χ1) is 11.3. The molecule has 0 atom stereocenters. The van der Waals surface area contributed by atoms with Gasteiger partial charge in [-0.2, -0.15) is 0 Å². The number of likely N-dealkylation sites (N-methyl/N-ethyl adjacent to an activating group) is 1. The highest BCUT2D eigenvalue weighted by molar-refractivity contribution is 7.89. The molecule has 0 unspecified atom stereocenters. The number of hydrogen-bond donors (Lipinski definition) is 0. The molecule has 1 amide bonds. The molecule has 0 N–H and O–H groups in total. The Bertz CT molecular complexity index is 947. The monoisotopic (exact) mass is 361 g/mol. The summed E-state index contributed by atoms with van der Waals surface area (Å²) in [6.07, 6.45) is 2.33. The summed E-state index contributed by atoms with van der Waals surface area (Å²) in [4.78, 5) is 12.8. The molecule has 0 bridgehead atoms. The van der Waals surface area contributed by atoms with Crippen molar-refractivity contribution in [2.24, 2.45) is 0 Å². The highest BCUT2D eigenvalue weighted by Gasteiger charge is 2.30. The van der Waals surface area contributed by atoms with E-state index in [1.807, 2.05) is 13.0 Å². The zero-order valence-electron chi connectivity index (χ0n) is 13.3. The fraction of sp³-hybridized carbons (Fsp3) is 0.167. The lowest BCUT2D eigenvalue weighted by Gasteiger charge is -2.19. The van der Waals surface area contributed by atoms with Gasteiger partial charge in [-0.1, -0.05) is 41.4 Å². The lowest BCUT2D eigenvalue weighted by atomic mass is 10.1. The number of carbonyl (C=O) groups is 1. The molecule has 2 aromatic rings. The molecular weight excluding hydrogens is 346 g/mol. The number of halogens is 1. The summed E-state index contributed by atoms with van der Waals surface area (Å²) < 4.78 is 26.1. The molecule has 2 aromatic carbocycles. The van der Waals surface area contributed by atoms with E-state index in [0.717, 1.165) is 15.4 Å². The molecule has 0 aliphatic heterocycles. The van der Waals surface area contributed by atoms with Crippen LogP contribution in [-0.2, 0) is 21.2 Å². The van der Waals surface area contributed by atoms with Gasteiger partial charge < -0.3 is 0 Å². The first-order valence-electron chi connectivity index (χ1n) is 7.39. The number of hydrogen-bond acceptors (Lipinski definition) is 3. The zero-order valence-corrected chi connectivity index (χ0v) is 14.9. The first-order valence-corrected chi connectivity index (χ1v) is 9.21. The van der Waals surface area contributed by atoms with Crippen LogP contribution in [0.5, 0.6) is 0 Å². The average Bonchev–Trinajstić information content (AvgIpc) is 2.96. The molecule has 0 heterocycles. The molecule has 24 heavy (non-hydrogen) atoms. The highest BCUT2D eigenvalue weighted by Crippen LogP contribution is 2.32. The van der Waals surface area contributed by atoms with Gasteiger partial charge in [-0.05, 0) is 48.7 Å². The van der Waals surface area contributed by atoms with Crippen LogP contribution in [0.1, 0.15) is 16.7 Å². The SMILES string of the molecule is Cc1ccc(S(=O)(=O)N(C)C(=O)C2=CCc3ccc(Cl)cc32)cc1. The van der Waals surface area contributed by atoms with Crippen LogP contribution in [0.4, 0.5) is 0 Å². The largest absolute Gasteiger partial charge is 0.268 e. The zero-order chi connectivity index (χ0) is 17.5. The minimum absolute atomic E-state index is 0.0915. The minimum atomic E-state index is -3.90. The average molecular weight is 362 g/mol. The number of carbonyl (C=O) groups excluding carboxylic acids is 1. The third-order valence-electron chi connectivity index (χ3n) is 4.08. The van der Waals surface area contributed by atoms with E-state index >= 15 is 0 Å². The van der Waals surface area contributed by atoms with Crippen LogP contribution in [0.25, 0.3) is 5.57 Å². The quantitative estimate of drug-likeness (QED) is 0.841. The van der Waals surface area contributed by atoms with Gasteiger partial charge in [-0.3, -0.25) is 4.79 Å². The van der Waals surface area contributed by atoms with Gasteiger partial charge in [0.1, 0.15) is 0 Å². The Morgan fingerprint density at radius 3 is 2.46 bits per heavy atom. The van der Waals surface area contributed by atoms with Crippen molar-refractivity contribution in [3.05, 3.63) is 70.3 Å². The predicted octanol–water partition coefficient (Wildman–Crippen LogP) is 3.44. The van der Waals surface area contributed by atoms with Crippen LogP contribution < -0.4 is 0 Å². The smallest absolute Gasteiger partial charge is 0.267 e. The number of nitrogens with zero attached hydrogens (tertiary/aromatic N) is 1. The summed E-state index contributed by atoms with van der Waals surface area (Å²) >= 11 is 6.00. The summed E-state index contributed by atoms with van der Waals surface area (Å²) in [7, 11) is -2.62. The Morgan fingerprint density at radius 2 is 1.79 bits per heavy atom. The van der Waals surface area contributed by atoms with Crippen LogP contribution in [0.2, 0.25) is 5.02 Å². The summed E-state index contributed by atoms with van der Waals surface area (Å²) in [5.41, 5.74) is 2.97. The van der Waals surface area contributed by atoms with Crippen molar-refractivity contribution in [1.29, 1.82) is 0 Å². The molecule has 3 rings (SSSR count). The third-order valence-corrected chi connectivity index (χ3v) is 6.07. The maximum Gasteiger partial charge on any atom is 0.267 e. The molecule has 0 saturated carbocycles. The molecule has 124 valence electrons. The van der Waals surface area contributed by atoms with Gasteiger partial charge >= 0.3 is 0 Å². The van der Waals surface area contributed by atoms with Gasteiger partial charge in [0, 0.05) is 17.6 Å². The van der Waals surface area contributed by atoms with Crippen molar-refractivity contribution in [2.75, 3.05) is 7.05 Å². The van der Waals surface area contributed by atoms with E-state index < -0.39 is 15.9 Å². The molecular formula is C18H16ClNO3S. The number of sulfonamides is 1. The number of aryl methyl sites for hydroxylation is 1. The maximum absolute atomic E-state index is 12.7. The summed E-state index contributed by atoms with van der Waals surface area (Å²) in [6.45, 7) is 1.87. The van der Waals surface area contributed by atoms with Crippen molar-refractivity contribution in [3.63, 3.8) is 0 Å². The van der Waals surface area contributed by atoms with Gasteiger partial charge in [0.2, 0.25) is 0 Å². The first kappa shape index (κ1) is 16.7. The lowest BCUT2D eigenvalue weighted by Crippen LogP contribution is -2.33. The molecule has 0 spiro atoms. The molecule has 0 radical (unpaired) electrons. The topological polar surface area (TPSA) is 54.5 Å². The summed E-state index contributed by atoms with van der Waals surface area (Å²) in [5, 5.41) is 0.512. The van der Waals surface area contributed by atoms with Crippen LogP contribution in [-0.4, -0.2) is 25.7 Å². The Labute approximate surface area is 146 Å². The van der Waals surface area contributed by atoms with Crippen molar-refractivity contribution in [3.8, 4) is 0 Å². The van der Waals surface area contributed by atoms with E-state index in [1.54, 1.807) is 30.3 Å². The van der Waals surface area contributed by atoms with Gasteiger partial charge in [-0.25, -0.2) is 12.7 Å². The number of amides is 1. The fourth-order valence-corrected chi connectivity index (χ4v) is 3.93. The van der Waals surface area contributed by atoms with Gasteiger partial charge in [-0.15, -0.1) is 0 Å². The summed E-state index contributed by atoms with van der Waals surface area (Å²) in [6, 6.07) is 11.7. The molecule has 4 nitrogen and oxygen atoms in total. The van der Waals surface area contributed by atoms with E-state index in [2.05, 4.69) is 0 Å². The number of benzene rings is 2. The number of allylic oxidation sites excluding steroid dienone is 1. The predicted molar refractivity (Wildman–Crippen MR) is 94.3 cm³/mol. The minimum Gasteiger partial charge on any atom is -0.268 e. The van der Waals surface area contributed by atoms with Gasteiger partial charge in [0.15, 0.2) is 0 Å². The lowest BCUT2D eigenvalue weighted by molar-refractivity contribution is -0.119. The second-order valence-electron chi connectivity index (χ2n) is 5.71. The van der Waals surface area contributed by atoms with Crippen LogP contribution >= 0.6 is 11.6 Å². The van der Waals surface area contributed by atoms with E-state index in [4.69, 9.17) is 11.6 Å². The van der Waals surface area contributed by atoms with Crippen LogP contribution in [0.3, 0.4) is 0 Å². The van der Waals surface area contributed by atoms with Crippen molar-refractivity contribution in [2.45, 2.75) is 18.2 Å². The normalized spacial score (nSPS) is 13.4. The fourth-order valence-electron chi connectivity index (χ4n) is 2.65. The Balaban J connectivity index is 1.94. The number of fused-ring (bicyclic) bond motifs is 1. The van der Waals surface area contributed by atoms with Gasteiger partial charge in [0.05, 0.1) is 4.90 Å². The molecule has 0 fully saturated rings. The summed E-state index contributed by atoms with van der Waals surface area (Å²) in [5.74, 6) is -0.559. The van der Waals surface area contributed by atoms with Crippen molar-refractivity contribution in [1.82, 2.24) is 4.31 Å².